The second-order valence-electron chi connectivity index (χ2n) is 7.17. The maximum atomic E-state index is 12.5. The fourth-order valence-electron chi connectivity index (χ4n) is 3.29. The molecule has 0 radical (unpaired) electrons. The maximum absolute atomic E-state index is 12.5. The van der Waals surface area contributed by atoms with Gasteiger partial charge in [-0.25, -0.2) is 0 Å². The van der Waals surface area contributed by atoms with E-state index in [0.717, 1.165) is 22.5 Å². The van der Waals surface area contributed by atoms with Crippen molar-refractivity contribution in [2.75, 3.05) is 13.7 Å². The number of nitrogens with one attached hydrogen (secondary N) is 1. The molecule has 2 atom stereocenters. The molecule has 7 heteroatoms. The summed E-state index contributed by atoms with van der Waals surface area (Å²) in [5.41, 5.74) is 3.83. The van der Waals surface area contributed by atoms with Crippen LogP contribution in [0.5, 0.6) is 5.75 Å². The van der Waals surface area contributed by atoms with E-state index in [0.29, 0.717) is 12.2 Å². The van der Waals surface area contributed by atoms with Gasteiger partial charge in [0.15, 0.2) is 0 Å². The van der Waals surface area contributed by atoms with Crippen LogP contribution in [0.2, 0.25) is 0 Å². The molecule has 0 aliphatic rings. The minimum Gasteiger partial charge on any atom is -0.496 e. The number of hydrogen-bond donors (Lipinski definition) is 2. The van der Waals surface area contributed by atoms with Crippen LogP contribution in [0, 0.1) is 25.7 Å². The van der Waals surface area contributed by atoms with Crippen LogP contribution in [-0.4, -0.2) is 40.4 Å². The summed E-state index contributed by atoms with van der Waals surface area (Å²) < 4.78 is 7.10. The smallest absolute Gasteiger partial charge is 0.308 e. The zero-order valence-corrected chi connectivity index (χ0v) is 17.2. The molecule has 1 aromatic carbocycles. The normalized spacial score (nSPS) is 13.0. The number of carbonyl (C=O) groups excluding carboxylic acids is 1. The number of aryl methyl sites for hydroxylation is 2. The van der Waals surface area contributed by atoms with Crippen molar-refractivity contribution in [3.05, 3.63) is 46.8 Å². The minimum atomic E-state index is -0.946. The Balaban J connectivity index is 1.98. The predicted octanol–water partition coefficient (Wildman–Crippen LogP) is 2.28. The number of benzene rings is 1. The summed E-state index contributed by atoms with van der Waals surface area (Å²) in [5.74, 6) is -1.46. The number of aromatic nitrogens is 2. The molecule has 0 spiro atoms. The molecule has 0 saturated heterocycles. The van der Waals surface area contributed by atoms with E-state index in [4.69, 9.17) is 4.74 Å². The molecule has 0 aliphatic heterocycles. The van der Waals surface area contributed by atoms with Gasteiger partial charge < -0.3 is 15.2 Å². The van der Waals surface area contributed by atoms with Gasteiger partial charge in [-0.15, -0.1) is 0 Å². The third-order valence-corrected chi connectivity index (χ3v) is 5.15. The van der Waals surface area contributed by atoms with Gasteiger partial charge in [0.25, 0.3) is 0 Å². The number of ether oxygens (including phenoxy) is 1. The second-order valence-corrected chi connectivity index (χ2v) is 7.17. The largest absolute Gasteiger partial charge is 0.496 e. The lowest BCUT2D eigenvalue weighted by atomic mass is 9.96. The van der Waals surface area contributed by atoms with Crippen LogP contribution in [-0.2, 0) is 29.5 Å². The van der Waals surface area contributed by atoms with Gasteiger partial charge >= 0.3 is 5.97 Å². The number of para-hydroxylation sites is 1. The second kappa shape index (κ2) is 9.39. The summed E-state index contributed by atoms with van der Waals surface area (Å²) in [6, 6.07) is 7.32. The van der Waals surface area contributed by atoms with Gasteiger partial charge in [0.05, 0.1) is 18.7 Å². The first-order chi connectivity index (χ1) is 13.2. The zero-order chi connectivity index (χ0) is 20.8. The van der Waals surface area contributed by atoms with E-state index in [-0.39, 0.29) is 24.8 Å². The van der Waals surface area contributed by atoms with Gasteiger partial charge in [-0.05, 0) is 43.9 Å². The van der Waals surface area contributed by atoms with Gasteiger partial charge in [0.1, 0.15) is 5.75 Å². The van der Waals surface area contributed by atoms with Gasteiger partial charge in [-0.1, -0.05) is 25.1 Å². The Labute approximate surface area is 165 Å². The molecule has 0 fully saturated rings. The van der Waals surface area contributed by atoms with Crippen LogP contribution in [0.25, 0.3) is 0 Å². The Bertz CT molecular complexity index is 844. The van der Waals surface area contributed by atoms with Crippen molar-refractivity contribution in [2.45, 2.75) is 33.6 Å². The van der Waals surface area contributed by atoms with Crippen molar-refractivity contribution in [1.29, 1.82) is 0 Å². The number of nitrogens with zero attached hydrogens (tertiary/aromatic N) is 2. The number of carbonyl (C=O) groups is 2. The van der Waals surface area contributed by atoms with E-state index in [9.17, 15) is 14.7 Å². The fourth-order valence-corrected chi connectivity index (χ4v) is 3.29. The quantitative estimate of drug-likeness (QED) is 0.689. The molecule has 2 rings (SSSR count). The number of amides is 1. The maximum Gasteiger partial charge on any atom is 0.308 e. The average Bonchev–Trinajstić information content (AvgIpc) is 2.90. The summed E-state index contributed by atoms with van der Waals surface area (Å²) in [4.78, 5) is 24.2. The first kappa shape index (κ1) is 21.5. The van der Waals surface area contributed by atoms with Gasteiger partial charge in [-0.2, -0.15) is 5.10 Å². The molecule has 0 aliphatic carbocycles. The highest BCUT2D eigenvalue weighted by Gasteiger charge is 2.23. The van der Waals surface area contributed by atoms with E-state index in [2.05, 4.69) is 10.4 Å². The van der Waals surface area contributed by atoms with Crippen LogP contribution in [0.1, 0.15) is 29.4 Å². The SMILES string of the molecule is COc1ccccc1CC(CNC(=O)C(C)Cc1c(C)nn(C)c1C)C(=O)O. The molecular formula is C21H29N3O4. The first-order valence-electron chi connectivity index (χ1n) is 9.36. The van der Waals surface area contributed by atoms with Crippen LogP contribution in [0.3, 0.4) is 0 Å². The van der Waals surface area contributed by atoms with Crippen molar-refractivity contribution in [3.63, 3.8) is 0 Å². The van der Waals surface area contributed by atoms with Gasteiger partial charge in [-0.3, -0.25) is 14.3 Å². The summed E-state index contributed by atoms with van der Waals surface area (Å²) in [5, 5.41) is 16.7. The van der Waals surface area contributed by atoms with Crippen molar-refractivity contribution in [3.8, 4) is 5.75 Å². The van der Waals surface area contributed by atoms with Gasteiger partial charge in [0, 0.05) is 25.2 Å². The molecule has 0 bridgehead atoms. The Morgan fingerprint density at radius 3 is 2.50 bits per heavy atom. The van der Waals surface area contributed by atoms with Crippen molar-refractivity contribution >= 4 is 11.9 Å². The Morgan fingerprint density at radius 1 is 1.25 bits per heavy atom. The molecule has 1 amide bonds. The lowest BCUT2D eigenvalue weighted by Crippen LogP contribution is -2.37. The van der Waals surface area contributed by atoms with Crippen LogP contribution in [0.15, 0.2) is 24.3 Å². The van der Waals surface area contributed by atoms with Gasteiger partial charge in [0.2, 0.25) is 5.91 Å². The average molecular weight is 387 g/mol. The van der Waals surface area contributed by atoms with Crippen LogP contribution >= 0.6 is 0 Å². The third kappa shape index (κ3) is 5.12. The summed E-state index contributed by atoms with van der Waals surface area (Å²) >= 11 is 0. The highest BCUT2D eigenvalue weighted by molar-refractivity contribution is 5.79. The molecule has 1 heterocycles. The predicted molar refractivity (Wildman–Crippen MR) is 106 cm³/mol. The lowest BCUT2D eigenvalue weighted by Gasteiger charge is -2.17. The number of rotatable bonds is 9. The van der Waals surface area contributed by atoms with E-state index >= 15 is 0 Å². The Hall–Kier alpha value is -2.83. The summed E-state index contributed by atoms with van der Waals surface area (Å²) in [7, 11) is 3.44. The molecular weight excluding hydrogens is 358 g/mol. The monoisotopic (exact) mass is 387 g/mol. The van der Waals surface area contributed by atoms with E-state index < -0.39 is 11.9 Å². The van der Waals surface area contributed by atoms with Crippen molar-refractivity contribution in [2.24, 2.45) is 18.9 Å². The van der Waals surface area contributed by atoms with Crippen LogP contribution in [0.4, 0.5) is 0 Å². The van der Waals surface area contributed by atoms with E-state index in [1.807, 2.05) is 50.7 Å². The van der Waals surface area contributed by atoms with Crippen molar-refractivity contribution < 1.29 is 19.4 Å². The molecule has 2 N–H and O–H groups in total. The van der Waals surface area contributed by atoms with Crippen LogP contribution < -0.4 is 10.1 Å². The number of carboxylic acid groups (broad SMARTS) is 1. The lowest BCUT2D eigenvalue weighted by molar-refractivity contribution is -0.141. The molecule has 7 nitrogen and oxygen atoms in total. The molecule has 0 saturated carbocycles. The fraction of sp³-hybridized carbons (Fsp3) is 0.476. The first-order valence-corrected chi connectivity index (χ1v) is 9.36. The Morgan fingerprint density at radius 2 is 1.93 bits per heavy atom. The molecule has 28 heavy (non-hydrogen) atoms. The molecule has 152 valence electrons. The minimum absolute atomic E-state index is 0.0710. The number of carboxylic acids is 1. The van der Waals surface area contributed by atoms with Crippen molar-refractivity contribution in [1.82, 2.24) is 15.1 Å². The third-order valence-electron chi connectivity index (χ3n) is 5.15. The molecule has 1 aromatic heterocycles. The standard InChI is InChI=1S/C21H29N3O4/c1-13(10-18-14(2)23-24(4)15(18)3)20(25)22-12-17(21(26)27)11-16-8-6-7-9-19(16)28-5/h6-9,13,17H,10-12H2,1-5H3,(H,22,25)(H,26,27). The highest BCUT2D eigenvalue weighted by Crippen LogP contribution is 2.21. The summed E-state index contributed by atoms with van der Waals surface area (Å²) in [6.45, 7) is 5.83. The number of methoxy groups -OCH3 is 1. The van der Waals surface area contributed by atoms with E-state index in [1.165, 1.54) is 0 Å². The number of hydrogen-bond acceptors (Lipinski definition) is 4. The summed E-state index contributed by atoms with van der Waals surface area (Å²) in [6.07, 6.45) is 0.858. The molecule has 2 unspecified atom stereocenters. The Kier molecular flexibility index (Phi) is 7.20. The topological polar surface area (TPSA) is 93.5 Å². The zero-order valence-electron chi connectivity index (χ0n) is 17.2. The number of aliphatic carboxylic acids is 1. The highest BCUT2D eigenvalue weighted by atomic mass is 16.5. The molecule has 2 aromatic rings. The van der Waals surface area contributed by atoms with E-state index in [1.54, 1.807) is 13.2 Å².